The topological polar surface area (TPSA) is 68.0 Å². The molecule has 0 saturated heterocycles. The van der Waals surface area contributed by atoms with Crippen LogP contribution in [-0.2, 0) is 11.2 Å². The van der Waals surface area contributed by atoms with E-state index >= 15 is 0 Å². The van der Waals surface area contributed by atoms with E-state index in [1.54, 1.807) is 23.1 Å². The van der Waals surface area contributed by atoms with Gasteiger partial charge in [0.15, 0.2) is 0 Å². The second-order valence-corrected chi connectivity index (χ2v) is 7.86. The van der Waals surface area contributed by atoms with Gasteiger partial charge in [0.2, 0.25) is 5.91 Å². The highest BCUT2D eigenvalue weighted by atomic mass is 35.5. The van der Waals surface area contributed by atoms with Crippen molar-refractivity contribution in [3.8, 4) is 0 Å². The Balaban J connectivity index is 0.00000264. The highest BCUT2D eigenvalue weighted by molar-refractivity contribution is 7.98. The number of carbonyl (C=O) groups is 1. The predicted molar refractivity (Wildman–Crippen MR) is 103 cm³/mol. The molecule has 1 aromatic rings. The number of aromatic nitrogens is 1. The molecule has 0 bridgehead atoms. The molecule has 0 aliphatic heterocycles. The highest BCUT2D eigenvalue weighted by Crippen LogP contribution is 2.33. The van der Waals surface area contributed by atoms with Crippen molar-refractivity contribution in [2.24, 2.45) is 5.73 Å². The Morgan fingerprint density at radius 1 is 1.48 bits per heavy atom. The Morgan fingerprint density at radius 3 is 2.91 bits per heavy atom. The number of thiazole rings is 1. The van der Waals surface area contributed by atoms with E-state index in [1.807, 2.05) is 6.26 Å². The average Bonchev–Trinajstić information content (AvgIpc) is 3.02. The minimum atomic E-state index is -0.387. The molecule has 0 aromatic carbocycles. The largest absolute Gasteiger partial charge is 0.354 e. The number of carbonyl (C=O) groups excluding carboxylic acids is 1. The van der Waals surface area contributed by atoms with E-state index in [2.05, 4.69) is 10.7 Å². The maximum absolute atomic E-state index is 11.8. The van der Waals surface area contributed by atoms with Crippen molar-refractivity contribution >= 4 is 41.4 Å². The van der Waals surface area contributed by atoms with Gasteiger partial charge in [-0.2, -0.15) is 11.8 Å². The normalized spacial score (nSPS) is 16.6. The van der Waals surface area contributed by atoms with Crippen LogP contribution in [0.15, 0.2) is 5.38 Å². The maximum Gasteiger partial charge on any atom is 0.236 e. The second kappa shape index (κ2) is 11.3. The molecule has 2 rings (SSSR count). The second-order valence-electron chi connectivity index (χ2n) is 5.93. The lowest BCUT2D eigenvalue weighted by atomic mass is 9.87. The highest BCUT2D eigenvalue weighted by Gasteiger charge is 2.18. The molecule has 1 saturated carbocycles. The zero-order valence-corrected chi connectivity index (χ0v) is 16.2. The van der Waals surface area contributed by atoms with Gasteiger partial charge in [0.05, 0.1) is 16.7 Å². The van der Waals surface area contributed by atoms with Gasteiger partial charge in [-0.05, 0) is 31.3 Å². The van der Waals surface area contributed by atoms with Crippen LogP contribution in [-0.4, -0.2) is 35.5 Å². The third-order valence-electron chi connectivity index (χ3n) is 4.20. The van der Waals surface area contributed by atoms with Crippen molar-refractivity contribution in [3.63, 3.8) is 0 Å². The Kier molecular flexibility index (Phi) is 10.2. The number of nitrogens with one attached hydrogen (secondary N) is 1. The van der Waals surface area contributed by atoms with Gasteiger partial charge in [0, 0.05) is 24.3 Å². The standard InChI is InChI=1S/C16H27N3OS2.ClH/c1-21-10-8-13(17)16(20)18-9-7-15-19-14(11-22-15)12-5-3-2-4-6-12;/h11-13H,2-10,17H2,1H3,(H,18,20);1H/t13-;/m0./s1. The Morgan fingerprint density at radius 2 is 2.22 bits per heavy atom. The van der Waals surface area contributed by atoms with Gasteiger partial charge < -0.3 is 11.1 Å². The molecule has 0 spiro atoms. The summed E-state index contributed by atoms with van der Waals surface area (Å²) in [6, 6.07) is -0.387. The lowest BCUT2D eigenvalue weighted by Crippen LogP contribution is -2.41. The van der Waals surface area contributed by atoms with E-state index in [-0.39, 0.29) is 24.4 Å². The number of rotatable bonds is 8. The molecule has 3 N–H and O–H groups in total. The average molecular weight is 378 g/mol. The van der Waals surface area contributed by atoms with Crippen molar-refractivity contribution < 1.29 is 4.79 Å². The van der Waals surface area contributed by atoms with Crippen molar-refractivity contribution in [1.82, 2.24) is 10.3 Å². The zero-order valence-electron chi connectivity index (χ0n) is 13.8. The molecule has 132 valence electrons. The van der Waals surface area contributed by atoms with Crippen LogP contribution in [0.4, 0.5) is 0 Å². The summed E-state index contributed by atoms with van der Waals surface area (Å²) in [6.45, 7) is 0.628. The number of halogens is 1. The Bertz CT molecular complexity index is 464. The van der Waals surface area contributed by atoms with Crippen LogP contribution in [0.5, 0.6) is 0 Å². The van der Waals surface area contributed by atoms with Crippen LogP contribution in [0, 0.1) is 0 Å². The molecule has 1 heterocycles. The summed E-state index contributed by atoms with van der Waals surface area (Å²) < 4.78 is 0. The van der Waals surface area contributed by atoms with Crippen LogP contribution in [0.25, 0.3) is 0 Å². The number of thioether (sulfide) groups is 1. The first kappa shape index (κ1) is 20.7. The SMILES string of the molecule is CSCC[C@H](N)C(=O)NCCc1nc(C2CCCCC2)cs1.Cl. The molecule has 1 fully saturated rings. The molecule has 1 atom stereocenters. The summed E-state index contributed by atoms with van der Waals surface area (Å²) in [6.07, 6.45) is 10.2. The lowest BCUT2D eigenvalue weighted by Gasteiger charge is -2.19. The zero-order chi connectivity index (χ0) is 15.8. The predicted octanol–water partition coefficient (Wildman–Crippen LogP) is 3.35. The fourth-order valence-corrected chi connectivity index (χ4v) is 4.20. The number of nitrogens with two attached hydrogens (primary N) is 1. The van der Waals surface area contributed by atoms with Crippen LogP contribution < -0.4 is 11.1 Å². The Hall–Kier alpha value is -0.300. The molecule has 1 aromatic heterocycles. The first-order valence-corrected chi connectivity index (χ1v) is 10.4. The monoisotopic (exact) mass is 377 g/mol. The minimum Gasteiger partial charge on any atom is -0.354 e. The molecule has 0 unspecified atom stereocenters. The van der Waals surface area contributed by atoms with E-state index in [0.717, 1.165) is 23.6 Å². The first-order chi connectivity index (χ1) is 10.7. The molecule has 0 radical (unpaired) electrons. The number of nitrogens with zero attached hydrogens (tertiary/aromatic N) is 1. The van der Waals surface area contributed by atoms with Gasteiger partial charge in [0.1, 0.15) is 0 Å². The summed E-state index contributed by atoms with van der Waals surface area (Å²) in [5.41, 5.74) is 7.11. The molecule has 1 aliphatic rings. The van der Waals surface area contributed by atoms with Gasteiger partial charge in [-0.25, -0.2) is 4.98 Å². The molecule has 1 aliphatic carbocycles. The van der Waals surface area contributed by atoms with Crippen LogP contribution in [0.2, 0.25) is 0 Å². The molecule has 1 amide bonds. The van der Waals surface area contributed by atoms with Gasteiger partial charge in [0.25, 0.3) is 0 Å². The number of hydrogen-bond donors (Lipinski definition) is 2. The van der Waals surface area contributed by atoms with Gasteiger partial charge in [-0.15, -0.1) is 23.7 Å². The summed E-state index contributed by atoms with van der Waals surface area (Å²) in [5.74, 6) is 1.54. The van der Waals surface area contributed by atoms with Crippen molar-refractivity contribution in [2.45, 2.75) is 56.9 Å². The summed E-state index contributed by atoms with van der Waals surface area (Å²) >= 11 is 3.44. The van der Waals surface area contributed by atoms with E-state index in [0.29, 0.717) is 12.5 Å². The minimum absolute atomic E-state index is 0. The summed E-state index contributed by atoms with van der Waals surface area (Å²) in [4.78, 5) is 16.6. The number of hydrogen-bond acceptors (Lipinski definition) is 5. The summed E-state index contributed by atoms with van der Waals surface area (Å²) in [5, 5.41) is 6.25. The smallest absolute Gasteiger partial charge is 0.236 e. The molecule has 7 heteroatoms. The fourth-order valence-electron chi connectivity index (χ4n) is 2.83. The van der Waals surface area contributed by atoms with E-state index in [9.17, 15) is 4.79 Å². The van der Waals surface area contributed by atoms with Crippen LogP contribution in [0.3, 0.4) is 0 Å². The Labute approximate surface area is 153 Å². The lowest BCUT2D eigenvalue weighted by molar-refractivity contribution is -0.122. The van der Waals surface area contributed by atoms with Gasteiger partial charge in [-0.1, -0.05) is 19.3 Å². The van der Waals surface area contributed by atoms with Crippen molar-refractivity contribution in [1.29, 1.82) is 0 Å². The molecule has 23 heavy (non-hydrogen) atoms. The fraction of sp³-hybridized carbons (Fsp3) is 0.750. The van der Waals surface area contributed by atoms with Crippen molar-refractivity contribution in [3.05, 3.63) is 16.1 Å². The van der Waals surface area contributed by atoms with E-state index in [1.165, 1.54) is 37.8 Å². The first-order valence-electron chi connectivity index (χ1n) is 8.17. The third kappa shape index (κ3) is 6.99. The maximum atomic E-state index is 11.8. The van der Waals surface area contributed by atoms with Gasteiger partial charge >= 0.3 is 0 Å². The van der Waals surface area contributed by atoms with Gasteiger partial charge in [-0.3, -0.25) is 4.79 Å². The van der Waals surface area contributed by atoms with Crippen LogP contribution >= 0.6 is 35.5 Å². The molecular weight excluding hydrogens is 350 g/mol. The van der Waals surface area contributed by atoms with E-state index < -0.39 is 0 Å². The molecular formula is C16H28ClN3OS2. The van der Waals surface area contributed by atoms with Crippen LogP contribution in [0.1, 0.15) is 55.1 Å². The number of amides is 1. The van der Waals surface area contributed by atoms with Crippen molar-refractivity contribution in [2.75, 3.05) is 18.6 Å². The molecule has 4 nitrogen and oxygen atoms in total. The quantitative estimate of drug-likeness (QED) is 0.728. The summed E-state index contributed by atoms with van der Waals surface area (Å²) in [7, 11) is 0. The third-order valence-corrected chi connectivity index (χ3v) is 5.77. The van der Waals surface area contributed by atoms with E-state index in [4.69, 9.17) is 10.7 Å².